The lowest BCUT2D eigenvalue weighted by atomic mass is 9.89. The van der Waals surface area contributed by atoms with Crippen molar-refractivity contribution < 1.29 is 14.3 Å². The monoisotopic (exact) mass is 404 g/mol. The van der Waals surface area contributed by atoms with Gasteiger partial charge in [0.05, 0.1) is 13.7 Å². The van der Waals surface area contributed by atoms with Crippen molar-refractivity contribution in [1.82, 2.24) is 9.88 Å². The number of piperidine rings is 1. The van der Waals surface area contributed by atoms with Crippen LogP contribution < -0.4 is 9.47 Å². The van der Waals surface area contributed by atoms with E-state index in [4.69, 9.17) is 9.47 Å². The highest BCUT2D eigenvalue weighted by Gasteiger charge is 2.24. The van der Waals surface area contributed by atoms with Crippen LogP contribution in [0.25, 0.3) is 17.0 Å². The molecule has 1 aliphatic heterocycles. The van der Waals surface area contributed by atoms with Crippen molar-refractivity contribution in [2.75, 3.05) is 26.8 Å². The highest BCUT2D eigenvalue weighted by molar-refractivity contribution is 5.92. The Labute approximate surface area is 177 Å². The number of H-pyrrole nitrogens is 1. The van der Waals surface area contributed by atoms with Gasteiger partial charge in [-0.15, -0.1) is 0 Å². The van der Waals surface area contributed by atoms with Gasteiger partial charge in [0.15, 0.2) is 11.5 Å². The standard InChI is InChI=1S/C25H28N2O3/c1-3-30-24-16-18(8-10-23(24)29-2)9-11-25(28)27-14-12-19(13-15-27)21-17-26-22-7-5-4-6-20(21)22/h4-11,16-17,19,26H,3,12-15H2,1-2H3/b11-9+. The van der Waals surface area contributed by atoms with Gasteiger partial charge in [-0.25, -0.2) is 0 Å². The number of nitrogens with one attached hydrogen (secondary N) is 1. The normalized spacial score (nSPS) is 15.1. The number of amides is 1. The molecule has 0 atom stereocenters. The maximum atomic E-state index is 12.7. The van der Waals surface area contributed by atoms with Crippen LogP contribution in [0, 0.1) is 0 Å². The number of carbonyl (C=O) groups is 1. The second-order valence-electron chi connectivity index (χ2n) is 7.57. The molecular formula is C25H28N2O3. The summed E-state index contributed by atoms with van der Waals surface area (Å²) in [5, 5.41) is 1.30. The quantitative estimate of drug-likeness (QED) is 0.589. The maximum Gasteiger partial charge on any atom is 0.246 e. The molecule has 1 aromatic heterocycles. The molecule has 2 aromatic carbocycles. The number of likely N-dealkylation sites (tertiary alicyclic amines) is 1. The second-order valence-corrected chi connectivity index (χ2v) is 7.57. The first-order valence-electron chi connectivity index (χ1n) is 10.5. The third-order valence-corrected chi connectivity index (χ3v) is 5.77. The van der Waals surface area contributed by atoms with E-state index in [0.717, 1.165) is 31.5 Å². The highest BCUT2D eigenvalue weighted by atomic mass is 16.5. The summed E-state index contributed by atoms with van der Waals surface area (Å²) in [6.45, 7) is 4.06. The minimum Gasteiger partial charge on any atom is -0.493 e. The van der Waals surface area contributed by atoms with Crippen molar-refractivity contribution in [2.24, 2.45) is 0 Å². The first-order valence-corrected chi connectivity index (χ1v) is 10.5. The summed E-state index contributed by atoms with van der Waals surface area (Å²) >= 11 is 0. The first kappa shape index (κ1) is 20.1. The fraction of sp³-hybridized carbons (Fsp3) is 0.320. The van der Waals surface area contributed by atoms with Gasteiger partial charge in [0, 0.05) is 36.3 Å². The molecule has 5 heteroatoms. The van der Waals surface area contributed by atoms with E-state index in [0.29, 0.717) is 24.0 Å². The summed E-state index contributed by atoms with van der Waals surface area (Å²) in [5.41, 5.74) is 3.47. The Balaban J connectivity index is 1.38. The Hall–Kier alpha value is -3.21. The van der Waals surface area contributed by atoms with Crippen LogP contribution in [0.1, 0.15) is 36.8 Å². The predicted molar refractivity (Wildman–Crippen MR) is 120 cm³/mol. The van der Waals surface area contributed by atoms with E-state index in [1.807, 2.05) is 36.1 Å². The number of hydrogen-bond donors (Lipinski definition) is 1. The lowest BCUT2D eigenvalue weighted by Gasteiger charge is -2.31. The summed E-state index contributed by atoms with van der Waals surface area (Å²) in [6.07, 6.45) is 7.60. The van der Waals surface area contributed by atoms with Gasteiger partial charge in [-0.05, 0) is 61.1 Å². The van der Waals surface area contributed by atoms with Crippen LogP contribution in [0.5, 0.6) is 11.5 Å². The number of aromatic nitrogens is 1. The summed E-state index contributed by atoms with van der Waals surface area (Å²) in [6, 6.07) is 14.1. The van der Waals surface area contributed by atoms with Crippen molar-refractivity contribution in [1.29, 1.82) is 0 Å². The largest absolute Gasteiger partial charge is 0.493 e. The fourth-order valence-electron chi connectivity index (χ4n) is 4.18. The van der Waals surface area contributed by atoms with E-state index in [1.54, 1.807) is 13.2 Å². The molecule has 5 nitrogen and oxygen atoms in total. The number of benzene rings is 2. The molecule has 1 amide bonds. The Morgan fingerprint density at radius 3 is 2.73 bits per heavy atom. The molecule has 4 rings (SSSR count). The molecule has 1 fully saturated rings. The summed E-state index contributed by atoms with van der Waals surface area (Å²) < 4.78 is 10.9. The van der Waals surface area contributed by atoms with E-state index in [2.05, 4.69) is 35.4 Å². The number of aromatic amines is 1. The summed E-state index contributed by atoms with van der Waals surface area (Å²) in [5.74, 6) is 1.93. The van der Waals surface area contributed by atoms with Crippen LogP contribution in [-0.2, 0) is 4.79 Å². The molecule has 156 valence electrons. The molecule has 30 heavy (non-hydrogen) atoms. The summed E-state index contributed by atoms with van der Waals surface area (Å²) in [4.78, 5) is 18.0. The zero-order valence-corrected chi connectivity index (χ0v) is 17.6. The number of carbonyl (C=O) groups excluding carboxylic acids is 1. The van der Waals surface area contributed by atoms with Gasteiger partial charge >= 0.3 is 0 Å². The van der Waals surface area contributed by atoms with Gasteiger partial charge in [-0.1, -0.05) is 24.3 Å². The number of fused-ring (bicyclic) bond motifs is 1. The molecule has 0 radical (unpaired) electrons. The molecule has 2 heterocycles. The van der Waals surface area contributed by atoms with Gasteiger partial charge < -0.3 is 19.4 Å². The lowest BCUT2D eigenvalue weighted by Crippen LogP contribution is -2.36. The number of nitrogens with zero attached hydrogens (tertiary/aromatic N) is 1. The van der Waals surface area contributed by atoms with Crippen LogP contribution in [0.2, 0.25) is 0 Å². The lowest BCUT2D eigenvalue weighted by molar-refractivity contribution is -0.126. The first-order chi connectivity index (χ1) is 14.7. The van der Waals surface area contributed by atoms with Crippen molar-refractivity contribution in [2.45, 2.75) is 25.7 Å². The van der Waals surface area contributed by atoms with Gasteiger partial charge in [-0.2, -0.15) is 0 Å². The number of hydrogen-bond acceptors (Lipinski definition) is 3. The third-order valence-electron chi connectivity index (χ3n) is 5.77. The van der Waals surface area contributed by atoms with Crippen LogP contribution >= 0.6 is 0 Å². The van der Waals surface area contributed by atoms with Gasteiger partial charge in [-0.3, -0.25) is 4.79 Å². The van der Waals surface area contributed by atoms with Gasteiger partial charge in [0.2, 0.25) is 5.91 Å². The predicted octanol–water partition coefficient (Wildman–Crippen LogP) is 4.99. The molecule has 1 saturated heterocycles. The average molecular weight is 405 g/mol. The zero-order chi connectivity index (χ0) is 20.9. The van der Waals surface area contributed by atoms with E-state index < -0.39 is 0 Å². The van der Waals surface area contributed by atoms with Crippen LogP contribution in [-0.4, -0.2) is 42.6 Å². The average Bonchev–Trinajstić information content (AvgIpc) is 3.22. The van der Waals surface area contributed by atoms with Crippen LogP contribution in [0.15, 0.2) is 54.7 Å². The third kappa shape index (κ3) is 4.20. The molecular weight excluding hydrogens is 376 g/mol. The Morgan fingerprint density at radius 1 is 1.17 bits per heavy atom. The van der Waals surface area contributed by atoms with Crippen molar-refractivity contribution in [3.8, 4) is 11.5 Å². The van der Waals surface area contributed by atoms with Crippen LogP contribution in [0.4, 0.5) is 0 Å². The number of methoxy groups -OCH3 is 1. The van der Waals surface area contributed by atoms with E-state index in [-0.39, 0.29) is 5.91 Å². The minimum absolute atomic E-state index is 0.0566. The highest BCUT2D eigenvalue weighted by Crippen LogP contribution is 2.33. The Kier molecular flexibility index (Phi) is 6.07. The molecule has 3 aromatic rings. The van der Waals surface area contributed by atoms with Crippen molar-refractivity contribution >= 4 is 22.9 Å². The van der Waals surface area contributed by atoms with E-state index in [1.165, 1.54) is 16.5 Å². The van der Waals surface area contributed by atoms with Gasteiger partial charge in [0.25, 0.3) is 0 Å². The molecule has 1 N–H and O–H groups in total. The molecule has 0 spiro atoms. The Morgan fingerprint density at radius 2 is 1.97 bits per heavy atom. The van der Waals surface area contributed by atoms with E-state index in [9.17, 15) is 4.79 Å². The molecule has 0 saturated carbocycles. The minimum atomic E-state index is 0.0566. The second kappa shape index (κ2) is 9.08. The van der Waals surface area contributed by atoms with E-state index >= 15 is 0 Å². The summed E-state index contributed by atoms with van der Waals surface area (Å²) in [7, 11) is 1.62. The van der Waals surface area contributed by atoms with Crippen molar-refractivity contribution in [3.63, 3.8) is 0 Å². The zero-order valence-electron chi connectivity index (χ0n) is 17.6. The van der Waals surface area contributed by atoms with Crippen molar-refractivity contribution in [3.05, 3.63) is 65.9 Å². The molecule has 0 unspecified atom stereocenters. The molecule has 0 aliphatic carbocycles. The smallest absolute Gasteiger partial charge is 0.246 e. The number of rotatable bonds is 6. The SMILES string of the molecule is CCOc1cc(/C=C/C(=O)N2CCC(c3c[nH]c4ccccc34)CC2)ccc1OC. The fourth-order valence-corrected chi connectivity index (χ4v) is 4.18. The van der Waals surface area contributed by atoms with Crippen LogP contribution in [0.3, 0.4) is 0 Å². The number of ether oxygens (including phenoxy) is 2. The molecule has 0 bridgehead atoms. The number of para-hydroxylation sites is 1. The van der Waals surface area contributed by atoms with Gasteiger partial charge in [0.1, 0.15) is 0 Å². The topological polar surface area (TPSA) is 54.6 Å². The maximum absolute atomic E-state index is 12.7. The molecule has 1 aliphatic rings. The Bertz CT molecular complexity index is 1050.